The highest BCUT2D eigenvalue weighted by molar-refractivity contribution is 5.28. The van der Waals surface area contributed by atoms with Gasteiger partial charge in [-0.3, -0.25) is 0 Å². The van der Waals surface area contributed by atoms with Crippen molar-refractivity contribution < 1.29 is 0 Å². The van der Waals surface area contributed by atoms with Crippen LogP contribution in [-0.4, -0.2) is 23.5 Å². The van der Waals surface area contributed by atoms with Gasteiger partial charge in [0.25, 0.3) is 0 Å². The van der Waals surface area contributed by atoms with Crippen molar-refractivity contribution in [3.05, 3.63) is 23.9 Å². The van der Waals surface area contributed by atoms with Gasteiger partial charge < -0.3 is 10.6 Å². The van der Waals surface area contributed by atoms with Crippen LogP contribution in [0, 0.1) is 0 Å². The van der Waals surface area contributed by atoms with Crippen molar-refractivity contribution in [3.8, 4) is 0 Å². The molecule has 0 aromatic carbocycles. The zero-order valence-corrected chi connectivity index (χ0v) is 9.74. The smallest absolute Gasteiger partial charge is 0.123 e. The molecule has 0 saturated carbocycles. The summed E-state index contributed by atoms with van der Waals surface area (Å²) in [4.78, 5) is 6.57. The fourth-order valence-corrected chi connectivity index (χ4v) is 1.57. The Balaban J connectivity index is 2.34. The van der Waals surface area contributed by atoms with E-state index in [0.29, 0.717) is 5.82 Å². The number of nitrogen functional groups attached to an aromatic ring is 1. The predicted octanol–water partition coefficient (Wildman–Crippen LogP) is 2.29. The molecule has 0 amide bonds. The van der Waals surface area contributed by atoms with Crippen molar-refractivity contribution in [3.63, 3.8) is 0 Å². The molecule has 2 N–H and O–H groups in total. The minimum atomic E-state index is 0.606. The third-order valence-corrected chi connectivity index (χ3v) is 2.40. The Morgan fingerprint density at radius 3 is 2.80 bits per heavy atom. The Kier molecular flexibility index (Phi) is 5.12. The summed E-state index contributed by atoms with van der Waals surface area (Å²) in [6.45, 7) is 4.23. The Morgan fingerprint density at radius 1 is 1.33 bits per heavy atom. The molecule has 1 aromatic heterocycles. The van der Waals surface area contributed by atoms with Crippen LogP contribution < -0.4 is 5.73 Å². The van der Waals surface area contributed by atoms with E-state index in [0.717, 1.165) is 18.8 Å². The van der Waals surface area contributed by atoms with Crippen molar-refractivity contribution in [1.82, 2.24) is 9.88 Å². The molecule has 15 heavy (non-hydrogen) atoms. The quantitative estimate of drug-likeness (QED) is 0.728. The van der Waals surface area contributed by atoms with E-state index in [1.165, 1.54) is 19.3 Å². The van der Waals surface area contributed by atoms with Gasteiger partial charge in [0.05, 0.1) is 5.69 Å². The summed E-state index contributed by atoms with van der Waals surface area (Å²) >= 11 is 0. The van der Waals surface area contributed by atoms with E-state index < -0.39 is 0 Å². The van der Waals surface area contributed by atoms with Gasteiger partial charge in [-0.2, -0.15) is 0 Å². The van der Waals surface area contributed by atoms with Gasteiger partial charge in [-0.05, 0) is 32.1 Å². The fraction of sp³-hybridized carbons (Fsp3) is 0.583. The van der Waals surface area contributed by atoms with Gasteiger partial charge in [0, 0.05) is 6.54 Å². The summed E-state index contributed by atoms with van der Waals surface area (Å²) in [6, 6.07) is 5.80. The van der Waals surface area contributed by atoms with Gasteiger partial charge in [-0.25, -0.2) is 4.98 Å². The van der Waals surface area contributed by atoms with Gasteiger partial charge in [0.2, 0.25) is 0 Å². The van der Waals surface area contributed by atoms with Gasteiger partial charge in [-0.1, -0.05) is 25.8 Å². The first-order valence-electron chi connectivity index (χ1n) is 5.62. The summed E-state index contributed by atoms with van der Waals surface area (Å²) in [5, 5.41) is 0. The molecule has 0 atom stereocenters. The highest BCUT2D eigenvalue weighted by atomic mass is 15.1. The Morgan fingerprint density at radius 2 is 2.13 bits per heavy atom. The number of aromatic nitrogens is 1. The number of anilines is 1. The lowest BCUT2D eigenvalue weighted by atomic mass is 10.2. The van der Waals surface area contributed by atoms with Crippen molar-refractivity contribution in [1.29, 1.82) is 0 Å². The molecule has 1 aromatic rings. The van der Waals surface area contributed by atoms with Crippen molar-refractivity contribution in [2.45, 2.75) is 32.7 Å². The van der Waals surface area contributed by atoms with E-state index in [4.69, 9.17) is 5.73 Å². The van der Waals surface area contributed by atoms with Crippen molar-refractivity contribution in [2.75, 3.05) is 19.3 Å². The Hall–Kier alpha value is -1.09. The zero-order chi connectivity index (χ0) is 11.1. The first-order valence-corrected chi connectivity index (χ1v) is 5.62. The second kappa shape index (κ2) is 6.40. The van der Waals surface area contributed by atoms with Gasteiger partial charge >= 0.3 is 0 Å². The summed E-state index contributed by atoms with van der Waals surface area (Å²) < 4.78 is 0. The minimum absolute atomic E-state index is 0.606. The van der Waals surface area contributed by atoms with E-state index in [1.807, 2.05) is 18.2 Å². The summed E-state index contributed by atoms with van der Waals surface area (Å²) in [6.07, 6.45) is 3.83. The first-order chi connectivity index (χ1) is 7.22. The molecule has 0 radical (unpaired) electrons. The summed E-state index contributed by atoms with van der Waals surface area (Å²) in [7, 11) is 2.13. The molecular formula is C12H21N3. The highest BCUT2D eigenvalue weighted by Gasteiger charge is 2.01. The Labute approximate surface area is 92.3 Å². The van der Waals surface area contributed by atoms with Crippen LogP contribution >= 0.6 is 0 Å². The van der Waals surface area contributed by atoms with E-state index in [9.17, 15) is 0 Å². The molecule has 0 fully saturated rings. The number of hydrogen-bond donors (Lipinski definition) is 1. The van der Waals surface area contributed by atoms with Crippen LogP contribution in [0.25, 0.3) is 0 Å². The van der Waals surface area contributed by atoms with Crippen LogP contribution in [0.4, 0.5) is 5.82 Å². The standard InChI is InChI=1S/C12H21N3/c1-3-4-5-9-15(2)10-11-7-6-8-12(13)14-11/h6-8H,3-5,9-10H2,1-2H3,(H2,13,14). The summed E-state index contributed by atoms with van der Waals surface area (Å²) in [5.74, 6) is 0.606. The monoisotopic (exact) mass is 207 g/mol. The van der Waals surface area contributed by atoms with Gasteiger partial charge in [0.1, 0.15) is 5.82 Å². The van der Waals surface area contributed by atoms with E-state index in [1.54, 1.807) is 0 Å². The molecule has 0 spiro atoms. The van der Waals surface area contributed by atoms with Crippen LogP contribution in [0.15, 0.2) is 18.2 Å². The molecule has 0 aliphatic rings. The maximum absolute atomic E-state index is 5.63. The maximum atomic E-state index is 5.63. The van der Waals surface area contributed by atoms with E-state index >= 15 is 0 Å². The number of pyridine rings is 1. The van der Waals surface area contributed by atoms with Crippen LogP contribution in [0.3, 0.4) is 0 Å². The molecule has 1 heterocycles. The minimum Gasteiger partial charge on any atom is -0.384 e. The highest BCUT2D eigenvalue weighted by Crippen LogP contribution is 2.04. The zero-order valence-electron chi connectivity index (χ0n) is 9.74. The number of nitrogens with two attached hydrogens (primary N) is 1. The lowest BCUT2D eigenvalue weighted by Gasteiger charge is -2.15. The van der Waals surface area contributed by atoms with Crippen LogP contribution in [-0.2, 0) is 6.54 Å². The molecule has 0 aliphatic heterocycles. The summed E-state index contributed by atoms with van der Waals surface area (Å²) in [5.41, 5.74) is 6.68. The molecule has 0 aliphatic carbocycles. The third-order valence-electron chi connectivity index (χ3n) is 2.40. The van der Waals surface area contributed by atoms with Crippen LogP contribution in [0.2, 0.25) is 0 Å². The first kappa shape index (κ1) is 12.0. The van der Waals surface area contributed by atoms with Gasteiger partial charge in [-0.15, -0.1) is 0 Å². The number of hydrogen-bond acceptors (Lipinski definition) is 3. The molecule has 0 saturated heterocycles. The lowest BCUT2D eigenvalue weighted by Crippen LogP contribution is -2.19. The Bertz CT molecular complexity index is 286. The van der Waals surface area contributed by atoms with Gasteiger partial charge in [0.15, 0.2) is 0 Å². The second-order valence-electron chi connectivity index (χ2n) is 4.00. The van der Waals surface area contributed by atoms with E-state index in [2.05, 4.69) is 23.9 Å². The third kappa shape index (κ3) is 4.79. The average molecular weight is 207 g/mol. The molecule has 1 rings (SSSR count). The fourth-order valence-electron chi connectivity index (χ4n) is 1.57. The number of rotatable bonds is 6. The number of nitrogens with zero attached hydrogens (tertiary/aromatic N) is 2. The SMILES string of the molecule is CCCCCN(C)Cc1cccc(N)n1. The normalized spacial score (nSPS) is 10.9. The lowest BCUT2D eigenvalue weighted by molar-refractivity contribution is 0.314. The topological polar surface area (TPSA) is 42.1 Å². The molecule has 84 valence electrons. The second-order valence-corrected chi connectivity index (χ2v) is 4.00. The van der Waals surface area contributed by atoms with E-state index in [-0.39, 0.29) is 0 Å². The average Bonchev–Trinajstić information content (AvgIpc) is 2.18. The van der Waals surface area contributed by atoms with Crippen molar-refractivity contribution in [2.24, 2.45) is 0 Å². The molecule has 0 bridgehead atoms. The number of unbranched alkanes of at least 4 members (excludes halogenated alkanes) is 2. The van der Waals surface area contributed by atoms with Crippen LogP contribution in [0.5, 0.6) is 0 Å². The largest absolute Gasteiger partial charge is 0.384 e. The molecule has 3 heteroatoms. The molecule has 0 unspecified atom stereocenters. The molecule has 3 nitrogen and oxygen atoms in total. The van der Waals surface area contributed by atoms with Crippen LogP contribution in [0.1, 0.15) is 31.9 Å². The predicted molar refractivity (Wildman–Crippen MR) is 64.5 cm³/mol. The molecular weight excluding hydrogens is 186 g/mol. The maximum Gasteiger partial charge on any atom is 0.123 e. The van der Waals surface area contributed by atoms with Crippen molar-refractivity contribution >= 4 is 5.82 Å².